The molecule has 0 aliphatic carbocycles. The largest absolute Gasteiger partial charge is 0.490 e. The van der Waals surface area contributed by atoms with Crippen molar-refractivity contribution in [1.82, 2.24) is 25.1 Å². The summed E-state index contributed by atoms with van der Waals surface area (Å²) in [6, 6.07) is 0. The van der Waals surface area contributed by atoms with Crippen LogP contribution >= 0.6 is 0 Å². The number of aromatic nitrogens is 4. The molecule has 0 bridgehead atoms. The Hall–Kier alpha value is -2.98. The van der Waals surface area contributed by atoms with Crippen LogP contribution in [0, 0.1) is 27.7 Å². The van der Waals surface area contributed by atoms with Crippen molar-refractivity contribution in [2.24, 2.45) is 0 Å². The van der Waals surface area contributed by atoms with Gasteiger partial charge in [0, 0.05) is 31.0 Å². The van der Waals surface area contributed by atoms with Crippen molar-refractivity contribution in [1.29, 1.82) is 0 Å². The summed E-state index contributed by atoms with van der Waals surface area (Å²) in [4.78, 5) is 31.3. The van der Waals surface area contributed by atoms with Gasteiger partial charge in [0.25, 0.3) is 5.91 Å². The normalized spacial score (nSPS) is 10.8. The zero-order chi connectivity index (χ0) is 20.9. The number of halogens is 3. The molecule has 2 rings (SSSR count). The average molecular weight is 387 g/mol. The molecule has 0 aliphatic heterocycles. The van der Waals surface area contributed by atoms with Gasteiger partial charge in [0.1, 0.15) is 5.82 Å². The van der Waals surface area contributed by atoms with Crippen LogP contribution in [-0.2, 0) is 11.3 Å². The average Bonchev–Trinajstić information content (AvgIpc) is 2.86. The number of aromatic amines is 1. The third kappa shape index (κ3) is 6.04. The van der Waals surface area contributed by atoms with Gasteiger partial charge < -0.3 is 10.0 Å². The van der Waals surface area contributed by atoms with Crippen LogP contribution in [0.2, 0.25) is 0 Å². The molecule has 0 fully saturated rings. The molecule has 0 radical (unpaired) electrons. The number of hydrogen-bond acceptors (Lipinski definition) is 5. The van der Waals surface area contributed by atoms with Crippen molar-refractivity contribution in [2.75, 3.05) is 7.05 Å². The summed E-state index contributed by atoms with van der Waals surface area (Å²) in [5.41, 5.74) is 4.19. The zero-order valence-corrected chi connectivity index (χ0v) is 15.5. The van der Waals surface area contributed by atoms with Crippen molar-refractivity contribution < 1.29 is 27.9 Å². The minimum atomic E-state index is -5.08. The Morgan fingerprint density at radius 2 is 1.74 bits per heavy atom. The van der Waals surface area contributed by atoms with E-state index in [1.807, 2.05) is 27.7 Å². The number of carboxylic acid groups (broad SMARTS) is 1. The number of amides is 1. The molecule has 11 heteroatoms. The van der Waals surface area contributed by atoms with E-state index in [-0.39, 0.29) is 5.91 Å². The zero-order valence-electron chi connectivity index (χ0n) is 15.5. The highest BCUT2D eigenvalue weighted by molar-refractivity contribution is 5.94. The van der Waals surface area contributed by atoms with Crippen molar-refractivity contribution >= 4 is 11.9 Å². The second kappa shape index (κ2) is 8.60. The van der Waals surface area contributed by atoms with Crippen molar-refractivity contribution in [3.8, 4) is 0 Å². The molecule has 0 aliphatic rings. The molecule has 1 amide bonds. The Balaban J connectivity index is 0.000000445. The number of carbonyl (C=O) groups excluding carboxylic acids is 1. The summed E-state index contributed by atoms with van der Waals surface area (Å²) < 4.78 is 31.7. The van der Waals surface area contributed by atoms with Crippen LogP contribution in [0.25, 0.3) is 0 Å². The lowest BCUT2D eigenvalue weighted by Gasteiger charge is -2.18. The fourth-order valence-corrected chi connectivity index (χ4v) is 2.11. The number of alkyl halides is 3. The van der Waals surface area contributed by atoms with Gasteiger partial charge in [-0.15, -0.1) is 0 Å². The molecule has 0 atom stereocenters. The van der Waals surface area contributed by atoms with E-state index in [4.69, 9.17) is 9.90 Å². The van der Waals surface area contributed by atoms with Gasteiger partial charge >= 0.3 is 12.1 Å². The van der Waals surface area contributed by atoms with E-state index in [1.165, 1.54) is 0 Å². The molecule has 2 N–H and O–H groups in total. The first-order chi connectivity index (χ1) is 12.3. The SMILES string of the molecule is Cc1ncc(C(=O)N(C)Cc2c(C)n[nH]c2C)c(C)n1.O=C(O)C(F)(F)F. The number of H-pyrrole nitrogens is 1. The Bertz CT molecular complexity index is 814. The molecular weight excluding hydrogens is 367 g/mol. The van der Waals surface area contributed by atoms with Gasteiger partial charge in [-0.2, -0.15) is 18.3 Å². The van der Waals surface area contributed by atoms with Gasteiger partial charge in [0.15, 0.2) is 0 Å². The highest BCUT2D eigenvalue weighted by Gasteiger charge is 2.38. The van der Waals surface area contributed by atoms with E-state index in [9.17, 15) is 18.0 Å². The molecule has 8 nitrogen and oxygen atoms in total. The standard InChI is InChI=1S/C14H19N5O.C2HF3O2/c1-8-12(6-15-11(4)16-8)14(20)19(5)7-13-9(2)17-18-10(13)3;3-2(4,5)1(6)7/h6H,7H2,1-5H3,(H,17,18);(H,6,7). The molecule has 2 aromatic heterocycles. The Kier molecular flexibility index (Phi) is 7.03. The Morgan fingerprint density at radius 3 is 2.15 bits per heavy atom. The number of rotatable bonds is 3. The molecule has 0 saturated carbocycles. The van der Waals surface area contributed by atoms with Gasteiger partial charge in [-0.05, 0) is 27.7 Å². The number of carbonyl (C=O) groups is 2. The summed E-state index contributed by atoms with van der Waals surface area (Å²) in [6.07, 6.45) is -3.49. The minimum Gasteiger partial charge on any atom is -0.475 e. The summed E-state index contributed by atoms with van der Waals surface area (Å²) in [7, 11) is 1.77. The highest BCUT2D eigenvalue weighted by atomic mass is 19.4. The Morgan fingerprint density at radius 1 is 1.19 bits per heavy atom. The predicted octanol–water partition coefficient (Wildman–Crippen LogP) is 2.34. The molecule has 0 saturated heterocycles. The van der Waals surface area contributed by atoms with Gasteiger partial charge in [-0.25, -0.2) is 14.8 Å². The van der Waals surface area contributed by atoms with Gasteiger partial charge in [-0.1, -0.05) is 0 Å². The van der Waals surface area contributed by atoms with E-state index >= 15 is 0 Å². The van der Waals surface area contributed by atoms with Crippen molar-refractivity contribution in [3.05, 3.63) is 40.2 Å². The molecule has 148 valence electrons. The maximum atomic E-state index is 12.4. The van der Waals surface area contributed by atoms with Crippen LogP contribution in [-0.4, -0.2) is 55.3 Å². The summed E-state index contributed by atoms with van der Waals surface area (Å²) >= 11 is 0. The fourth-order valence-electron chi connectivity index (χ4n) is 2.11. The van der Waals surface area contributed by atoms with Gasteiger partial charge in [-0.3, -0.25) is 9.89 Å². The number of nitrogens with one attached hydrogen (secondary N) is 1. The number of hydrogen-bond donors (Lipinski definition) is 2. The van der Waals surface area contributed by atoms with Crippen LogP contribution in [0.5, 0.6) is 0 Å². The van der Waals surface area contributed by atoms with Gasteiger partial charge in [0.2, 0.25) is 0 Å². The van der Waals surface area contributed by atoms with Crippen molar-refractivity contribution in [2.45, 2.75) is 40.4 Å². The van der Waals surface area contributed by atoms with E-state index in [1.54, 1.807) is 18.1 Å². The maximum Gasteiger partial charge on any atom is 0.490 e. The second-order valence-electron chi connectivity index (χ2n) is 5.79. The quantitative estimate of drug-likeness (QED) is 0.836. The fraction of sp³-hybridized carbons (Fsp3) is 0.438. The summed E-state index contributed by atoms with van der Waals surface area (Å²) in [5.74, 6) is -2.17. The highest BCUT2D eigenvalue weighted by Crippen LogP contribution is 2.15. The maximum absolute atomic E-state index is 12.4. The molecule has 2 heterocycles. The number of carboxylic acids is 1. The van der Waals surface area contributed by atoms with Crippen LogP contribution in [0.4, 0.5) is 13.2 Å². The Labute approximate surface area is 153 Å². The number of aliphatic carboxylic acids is 1. The molecule has 27 heavy (non-hydrogen) atoms. The topological polar surface area (TPSA) is 112 Å². The number of nitrogens with zero attached hydrogens (tertiary/aromatic N) is 4. The summed E-state index contributed by atoms with van der Waals surface area (Å²) in [5, 5.41) is 14.2. The molecular formula is C16H20F3N5O3. The minimum absolute atomic E-state index is 0.0810. The lowest BCUT2D eigenvalue weighted by atomic mass is 10.1. The molecule has 0 aromatic carbocycles. The smallest absolute Gasteiger partial charge is 0.475 e. The molecule has 2 aromatic rings. The van der Waals surface area contributed by atoms with Gasteiger partial charge in [0.05, 0.1) is 17.0 Å². The summed E-state index contributed by atoms with van der Waals surface area (Å²) in [6.45, 7) is 8.03. The van der Waals surface area contributed by atoms with E-state index < -0.39 is 12.1 Å². The third-order valence-electron chi connectivity index (χ3n) is 3.60. The van der Waals surface area contributed by atoms with Crippen LogP contribution in [0.3, 0.4) is 0 Å². The lowest BCUT2D eigenvalue weighted by Crippen LogP contribution is -2.27. The van der Waals surface area contributed by atoms with Crippen LogP contribution in [0.1, 0.15) is 38.8 Å². The first-order valence-electron chi connectivity index (χ1n) is 7.70. The van der Waals surface area contributed by atoms with E-state index in [0.29, 0.717) is 23.6 Å². The van der Waals surface area contributed by atoms with Crippen LogP contribution in [0.15, 0.2) is 6.20 Å². The second-order valence-corrected chi connectivity index (χ2v) is 5.79. The van der Waals surface area contributed by atoms with E-state index in [0.717, 1.165) is 17.0 Å². The molecule has 0 unspecified atom stereocenters. The predicted molar refractivity (Wildman–Crippen MR) is 89.1 cm³/mol. The van der Waals surface area contributed by atoms with Crippen molar-refractivity contribution in [3.63, 3.8) is 0 Å². The lowest BCUT2D eigenvalue weighted by molar-refractivity contribution is -0.192. The monoisotopic (exact) mass is 387 g/mol. The van der Waals surface area contributed by atoms with Crippen LogP contribution < -0.4 is 0 Å². The third-order valence-corrected chi connectivity index (χ3v) is 3.60. The van der Waals surface area contributed by atoms with E-state index in [2.05, 4.69) is 20.2 Å². The first kappa shape index (κ1) is 22.1. The first-order valence-corrected chi connectivity index (χ1v) is 7.70. The molecule has 0 spiro atoms. The number of aryl methyl sites for hydroxylation is 4.